The summed E-state index contributed by atoms with van der Waals surface area (Å²) >= 11 is 5.38. The number of aromatic nitrogens is 1. The first-order valence-electron chi connectivity index (χ1n) is 4.73. The first kappa shape index (κ1) is 12.7. The molecule has 0 radical (unpaired) electrons. The summed E-state index contributed by atoms with van der Waals surface area (Å²) in [6, 6.07) is 1.06. The van der Waals surface area contributed by atoms with Gasteiger partial charge in [0, 0.05) is 6.07 Å². The lowest BCUT2D eigenvalue weighted by molar-refractivity contribution is -0.146. The summed E-state index contributed by atoms with van der Waals surface area (Å²) in [5.74, 6) is -1.06. The van der Waals surface area contributed by atoms with Crippen LogP contribution in [0.2, 0.25) is 5.15 Å². The molecule has 0 atom stereocenters. The Morgan fingerprint density at radius 2 is 2.38 bits per heavy atom. The lowest BCUT2D eigenvalue weighted by Crippen LogP contribution is -2.15. The van der Waals surface area contributed by atoms with Crippen LogP contribution in [0.25, 0.3) is 0 Å². The maximum atomic E-state index is 12.9. The molecular formula is C10H11ClFNO3. The van der Waals surface area contributed by atoms with Gasteiger partial charge >= 0.3 is 5.97 Å². The van der Waals surface area contributed by atoms with Crippen LogP contribution in [0.1, 0.15) is 13.3 Å². The average molecular weight is 248 g/mol. The third-order valence-corrected chi connectivity index (χ3v) is 1.87. The van der Waals surface area contributed by atoms with Crippen molar-refractivity contribution in [2.75, 3.05) is 13.2 Å². The van der Waals surface area contributed by atoms with Crippen molar-refractivity contribution in [1.82, 2.24) is 4.98 Å². The minimum absolute atomic E-state index is 0.135. The fraction of sp³-hybridized carbons (Fsp3) is 0.400. The maximum Gasteiger partial charge on any atom is 0.344 e. The van der Waals surface area contributed by atoms with Crippen LogP contribution in [0.15, 0.2) is 12.3 Å². The number of nitrogens with zero attached hydrogens (tertiary/aromatic N) is 1. The summed E-state index contributed by atoms with van der Waals surface area (Å²) in [6.45, 7) is 1.95. The topological polar surface area (TPSA) is 48.4 Å². The molecule has 6 heteroatoms. The van der Waals surface area contributed by atoms with Crippen molar-refractivity contribution in [2.24, 2.45) is 0 Å². The zero-order valence-electron chi connectivity index (χ0n) is 8.70. The molecule has 0 N–H and O–H groups in total. The lowest BCUT2D eigenvalue weighted by atomic mass is 10.4. The van der Waals surface area contributed by atoms with Crippen LogP contribution in [0.3, 0.4) is 0 Å². The summed E-state index contributed by atoms with van der Waals surface area (Å²) in [5, 5.41) is -0.235. The minimum Gasteiger partial charge on any atom is -0.480 e. The molecule has 88 valence electrons. The van der Waals surface area contributed by atoms with Crippen molar-refractivity contribution < 1.29 is 18.7 Å². The van der Waals surface area contributed by atoms with Crippen molar-refractivity contribution in [3.05, 3.63) is 23.2 Å². The Bertz CT molecular complexity index is 373. The molecule has 1 aromatic rings. The van der Waals surface area contributed by atoms with Gasteiger partial charge in [0.05, 0.1) is 12.8 Å². The van der Waals surface area contributed by atoms with Gasteiger partial charge in [-0.05, 0) is 6.42 Å². The van der Waals surface area contributed by atoms with E-state index in [2.05, 4.69) is 4.98 Å². The normalized spacial score (nSPS) is 9.94. The van der Waals surface area contributed by atoms with E-state index in [4.69, 9.17) is 21.1 Å². The molecular weight excluding hydrogens is 237 g/mol. The van der Waals surface area contributed by atoms with Crippen LogP contribution >= 0.6 is 11.6 Å². The Hall–Kier alpha value is -1.36. The molecule has 0 fully saturated rings. The Morgan fingerprint density at radius 1 is 1.62 bits per heavy atom. The highest BCUT2D eigenvalue weighted by atomic mass is 35.5. The number of esters is 1. The van der Waals surface area contributed by atoms with Gasteiger partial charge in [-0.2, -0.15) is 0 Å². The Kier molecular flexibility index (Phi) is 4.98. The molecule has 0 unspecified atom stereocenters. The molecule has 0 amide bonds. The lowest BCUT2D eigenvalue weighted by Gasteiger charge is -2.06. The fourth-order valence-corrected chi connectivity index (χ4v) is 0.986. The highest BCUT2D eigenvalue weighted by molar-refractivity contribution is 6.29. The maximum absolute atomic E-state index is 12.9. The smallest absolute Gasteiger partial charge is 0.344 e. The predicted molar refractivity (Wildman–Crippen MR) is 56.0 cm³/mol. The van der Waals surface area contributed by atoms with E-state index in [9.17, 15) is 9.18 Å². The van der Waals surface area contributed by atoms with Gasteiger partial charge in [-0.15, -0.1) is 0 Å². The van der Waals surface area contributed by atoms with E-state index in [0.29, 0.717) is 6.61 Å². The van der Waals surface area contributed by atoms with E-state index >= 15 is 0 Å². The predicted octanol–water partition coefficient (Wildman–Crippen LogP) is 2.21. The third kappa shape index (κ3) is 4.02. The number of ether oxygens (including phenoxy) is 2. The number of rotatable bonds is 5. The zero-order valence-corrected chi connectivity index (χ0v) is 9.46. The number of hydrogen-bond acceptors (Lipinski definition) is 4. The van der Waals surface area contributed by atoms with Crippen LogP contribution in [-0.2, 0) is 9.53 Å². The molecule has 1 heterocycles. The molecule has 1 rings (SSSR count). The minimum atomic E-state index is -0.693. The molecule has 4 nitrogen and oxygen atoms in total. The summed E-state index contributed by atoms with van der Waals surface area (Å²) in [4.78, 5) is 14.6. The number of halogens is 2. The van der Waals surface area contributed by atoms with Crippen molar-refractivity contribution in [3.63, 3.8) is 0 Å². The van der Waals surface area contributed by atoms with E-state index < -0.39 is 11.8 Å². The number of hydrogen-bond donors (Lipinski definition) is 0. The van der Waals surface area contributed by atoms with E-state index in [1.54, 1.807) is 0 Å². The van der Waals surface area contributed by atoms with Gasteiger partial charge in [-0.25, -0.2) is 14.2 Å². The first-order chi connectivity index (χ1) is 7.63. The SMILES string of the molecule is CCCOC(=O)COc1cnc(Cl)c(F)c1. The Labute approximate surface area is 97.3 Å². The molecule has 0 aliphatic rings. The van der Waals surface area contributed by atoms with Crippen LogP contribution in [0.5, 0.6) is 5.75 Å². The summed E-state index contributed by atoms with van der Waals surface area (Å²) in [6.07, 6.45) is 1.97. The van der Waals surface area contributed by atoms with E-state index in [1.807, 2.05) is 6.92 Å². The number of pyridine rings is 1. The molecule has 0 bridgehead atoms. The zero-order chi connectivity index (χ0) is 12.0. The molecule has 0 saturated heterocycles. The van der Waals surface area contributed by atoms with Gasteiger partial charge in [0.25, 0.3) is 0 Å². The second-order valence-electron chi connectivity index (χ2n) is 2.95. The summed E-state index contributed by atoms with van der Waals surface area (Å²) in [7, 11) is 0. The van der Waals surface area contributed by atoms with Crippen molar-refractivity contribution in [3.8, 4) is 5.75 Å². The number of carbonyl (C=O) groups is 1. The Balaban J connectivity index is 2.42. The Morgan fingerprint density at radius 3 is 3.00 bits per heavy atom. The van der Waals surface area contributed by atoms with Gasteiger partial charge in [0.2, 0.25) is 0 Å². The second kappa shape index (κ2) is 6.27. The van der Waals surface area contributed by atoms with Crippen LogP contribution in [-0.4, -0.2) is 24.2 Å². The molecule has 16 heavy (non-hydrogen) atoms. The summed E-state index contributed by atoms with van der Waals surface area (Å²) < 4.78 is 22.6. The number of carbonyl (C=O) groups excluding carboxylic acids is 1. The summed E-state index contributed by atoms with van der Waals surface area (Å²) in [5.41, 5.74) is 0. The van der Waals surface area contributed by atoms with E-state index in [-0.39, 0.29) is 17.5 Å². The van der Waals surface area contributed by atoms with Crippen molar-refractivity contribution in [1.29, 1.82) is 0 Å². The largest absolute Gasteiger partial charge is 0.480 e. The molecule has 0 saturated carbocycles. The fourth-order valence-electron chi connectivity index (χ4n) is 0.882. The molecule has 1 aromatic heterocycles. The van der Waals surface area contributed by atoms with Gasteiger partial charge in [0.15, 0.2) is 17.6 Å². The van der Waals surface area contributed by atoms with Crippen LogP contribution in [0, 0.1) is 5.82 Å². The van der Waals surface area contributed by atoms with E-state index in [0.717, 1.165) is 12.5 Å². The molecule has 0 aliphatic heterocycles. The van der Waals surface area contributed by atoms with Crippen LogP contribution in [0.4, 0.5) is 4.39 Å². The first-order valence-corrected chi connectivity index (χ1v) is 5.10. The highest BCUT2D eigenvalue weighted by Gasteiger charge is 2.06. The van der Waals surface area contributed by atoms with Crippen molar-refractivity contribution >= 4 is 17.6 Å². The molecule has 0 aliphatic carbocycles. The van der Waals surface area contributed by atoms with Crippen molar-refractivity contribution in [2.45, 2.75) is 13.3 Å². The second-order valence-corrected chi connectivity index (χ2v) is 3.31. The monoisotopic (exact) mass is 247 g/mol. The highest BCUT2D eigenvalue weighted by Crippen LogP contribution is 2.16. The average Bonchev–Trinajstić information content (AvgIpc) is 2.28. The van der Waals surface area contributed by atoms with Gasteiger partial charge in [-0.1, -0.05) is 18.5 Å². The van der Waals surface area contributed by atoms with Crippen LogP contribution < -0.4 is 4.74 Å². The quantitative estimate of drug-likeness (QED) is 0.591. The van der Waals surface area contributed by atoms with Gasteiger partial charge in [0.1, 0.15) is 5.75 Å². The standard InChI is InChI=1S/C10H11ClFNO3/c1-2-3-15-9(14)6-16-7-4-8(12)10(11)13-5-7/h4-5H,2-3,6H2,1H3. The molecule has 0 spiro atoms. The third-order valence-electron chi connectivity index (χ3n) is 1.60. The van der Waals surface area contributed by atoms with E-state index in [1.165, 1.54) is 6.20 Å². The van der Waals surface area contributed by atoms with Gasteiger partial charge in [-0.3, -0.25) is 0 Å². The van der Waals surface area contributed by atoms with Gasteiger partial charge < -0.3 is 9.47 Å². The molecule has 0 aromatic carbocycles.